The highest BCUT2D eigenvalue weighted by Crippen LogP contribution is 2.26. The largest absolute Gasteiger partial charge is 0.462 e. The molecule has 1 heterocycles. The fraction of sp³-hybridized carbons (Fsp3) is 0.529. The van der Waals surface area contributed by atoms with Gasteiger partial charge in [-0.1, -0.05) is 12.1 Å². The number of carbonyl (C=O) groups is 2. The molecule has 0 aliphatic carbocycles. The lowest BCUT2D eigenvalue weighted by atomic mass is 9.99. The van der Waals surface area contributed by atoms with Crippen LogP contribution in [0.3, 0.4) is 0 Å². The summed E-state index contributed by atoms with van der Waals surface area (Å²) in [6, 6.07) is 6.73. The zero-order chi connectivity index (χ0) is 19.3. The van der Waals surface area contributed by atoms with Gasteiger partial charge in [-0.25, -0.2) is 4.79 Å². The molecular weight excluding hydrogens is 346 g/mol. The fourth-order valence-corrected chi connectivity index (χ4v) is 2.52. The molecule has 1 aromatic rings. The Bertz CT molecular complexity index is 620. The highest BCUT2D eigenvalue weighted by atomic mass is 16.7. The molecule has 0 aromatic heterocycles. The number of aliphatic hydroxyl groups is 2. The van der Waals surface area contributed by atoms with Crippen LogP contribution >= 0.6 is 0 Å². The van der Waals surface area contributed by atoms with Crippen LogP contribution in [0.1, 0.15) is 19.4 Å². The van der Waals surface area contributed by atoms with E-state index < -0.39 is 42.8 Å². The molecule has 1 amide bonds. The first-order valence-electron chi connectivity index (χ1n) is 8.08. The van der Waals surface area contributed by atoms with E-state index in [4.69, 9.17) is 14.2 Å². The second-order valence-corrected chi connectivity index (χ2v) is 5.87. The molecule has 9 heteroatoms. The Kier molecular flexibility index (Phi) is 6.78. The van der Waals surface area contributed by atoms with Gasteiger partial charge in [0.1, 0.15) is 18.0 Å². The number of esters is 1. The van der Waals surface area contributed by atoms with Crippen molar-refractivity contribution in [1.29, 1.82) is 0 Å². The van der Waals surface area contributed by atoms with Gasteiger partial charge in [0.2, 0.25) is 6.29 Å². The molecular formula is C17H23NO8. The minimum Gasteiger partial charge on any atom is -0.462 e. The van der Waals surface area contributed by atoms with Crippen molar-refractivity contribution in [2.45, 2.75) is 51.1 Å². The lowest BCUT2D eigenvalue weighted by Gasteiger charge is -2.40. The minimum absolute atomic E-state index is 0.287. The van der Waals surface area contributed by atoms with E-state index in [9.17, 15) is 19.8 Å². The van der Waals surface area contributed by atoms with Crippen LogP contribution in [0, 0.1) is 0 Å². The Balaban J connectivity index is 1.95. The number of aliphatic hydroxyl groups excluding tert-OH is 2. The molecule has 1 aliphatic heterocycles. The van der Waals surface area contributed by atoms with Crippen molar-refractivity contribution < 1.29 is 38.7 Å². The van der Waals surface area contributed by atoms with Gasteiger partial charge in [-0.2, -0.15) is 0 Å². The Morgan fingerprint density at radius 3 is 2.42 bits per heavy atom. The molecule has 1 aromatic carbocycles. The maximum Gasteiger partial charge on any atom is 0.407 e. The van der Waals surface area contributed by atoms with E-state index in [1.165, 1.54) is 14.0 Å². The Hall–Kier alpha value is -2.36. The molecule has 5 atom stereocenters. The number of hydrogen-bond donors (Lipinski definition) is 3. The number of rotatable bonds is 5. The summed E-state index contributed by atoms with van der Waals surface area (Å²) in [5.41, 5.74) is 0.816. The van der Waals surface area contributed by atoms with Crippen molar-refractivity contribution >= 4 is 12.1 Å². The van der Waals surface area contributed by atoms with Crippen LogP contribution < -0.4 is 10.1 Å². The lowest BCUT2D eigenvalue weighted by Crippen LogP contribution is -2.59. The molecule has 0 spiro atoms. The van der Waals surface area contributed by atoms with E-state index in [1.54, 1.807) is 31.2 Å². The van der Waals surface area contributed by atoms with Crippen LogP contribution in [0.15, 0.2) is 24.3 Å². The fourth-order valence-electron chi connectivity index (χ4n) is 2.52. The number of carbonyl (C=O) groups excluding carboxylic acids is 2. The van der Waals surface area contributed by atoms with Crippen molar-refractivity contribution in [3.8, 4) is 5.75 Å². The Labute approximate surface area is 150 Å². The van der Waals surface area contributed by atoms with Crippen molar-refractivity contribution in [1.82, 2.24) is 5.32 Å². The number of hydrogen-bond acceptors (Lipinski definition) is 8. The second-order valence-electron chi connectivity index (χ2n) is 5.87. The van der Waals surface area contributed by atoms with Crippen LogP contribution in [0.5, 0.6) is 5.75 Å². The summed E-state index contributed by atoms with van der Waals surface area (Å²) < 4.78 is 20.6. The van der Waals surface area contributed by atoms with Gasteiger partial charge in [0.25, 0.3) is 0 Å². The van der Waals surface area contributed by atoms with Crippen LogP contribution in [0.2, 0.25) is 0 Å². The highest BCUT2D eigenvalue weighted by Gasteiger charge is 2.45. The molecule has 3 N–H and O–H groups in total. The third-order valence-electron chi connectivity index (χ3n) is 3.88. The maximum absolute atomic E-state index is 11.1. The molecule has 0 radical (unpaired) electrons. The number of alkyl carbamates (subject to hydrolysis) is 1. The van der Waals surface area contributed by atoms with E-state index in [0.29, 0.717) is 5.75 Å². The molecule has 0 saturated carbocycles. The van der Waals surface area contributed by atoms with Gasteiger partial charge in [0, 0.05) is 13.5 Å². The summed E-state index contributed by atoms with van der Waals surface area (Å²) in [5.74, 6) is -0.173. The van der Waals surface area contributed by atoms with Crippen LogP contribution in [-0.4, -0.2) is 60.1 Å². The number of ether oxygens (including phenoxy) is 4. The third kappa shape index (κ3) is 5.07. The van der Waals surface area contributed by atoms with Gasteiger partial charge in [0.15, 0.2) is 6.10 Å². The van der Waals surface area contributed by atoms with E-state index in [2.05, 4.69) is 10.1 Å². The zero-order valence-electron chi connectivity index (χ0n) is 14.7. The van der Waals surface area contributed by atoms with Gasteiger partial charge < -0.3 is 34.5 Å². The second kappa shape index (κ2) is 8.84. The average Bonchev–Trinajstić information content (AvgIpc) is 2.62. The molecule has 9 nitrogen and oxygen atoms in total. The molecule has 1 aliphatic rings. The standard InChI is InChI=1S/C17H23NO8/c1-9-15(25-10(2)19)13(20)14(21)16(24-9)26-12-6-4-11(5-7-12)8-18-17(22)23-3/h4-7,9,13-16,20-21H,8H2,1-3H3,(H,18,22). The topological polar surface area (TPSA) is 124 Å². The molecule has 0 bridgehead atoms. The number of amides is 1. The maximum atomic E-state index is 11.1. The van der Waals surface area contributed by atoms with Gasteiger partial charge in [-0.15, -0.1) is 0 Å². The van der Waals surface area contributed by atoms with Crippen molar-refractivity contribution in [3.05, 3.63) is 29.8 Å². The van der Waals surface area contributed by atoms with E-state index >= 15 is 0 Å². The van der Waals surface area contributed by atoms with Gasteiger partial charge >= 0.3 is 12.1 Å². The van der Waals surface area contributed by atoms with E-state index in [1.807, 2.05) is 0 Å². The van der Waals surface area contributed by atoms with Crippen molar-refractivity contribution in [3.63, 3.8) is 0 Å². The average molecular weight is 369 g/mol. The third-order valence-corrected chi connectivity index (χ3v) is 3.88. The number of methoxy groups -OCH3 is 1. The van der Waals surface area contributed by atoms with Crippen LogP contribution in [0.4, 0.5) is 4.79 Å². The smallest absolute Gasteiger partial charge is 0.407 e. The van der Waals surface area contributed by atoms with E-state index in [0.717, 1.165) is 5.56 Å². The summed E-state index contributed by atoms with van der Waals surface area (Å²) in [7, 11) is 1.28. The first kappa shape index (κ1) is 20.0. The van der Waals surface area contributed by atoms with Gasteiger partial charge in [-0.3, -0.25) is 4.79 Å². The number of benzene rings is 1. The molecule has 26 heavy (non-hydrogen) atoms. The lowest BCUT2D eigenvalue weighted by molar-refractivity contribution is -0.272. The molecule has 2 rings (SSSR count). The van der Waals surface area contributed by atoms with Gasteiger partial charge in [-0.05, 0) is 24.6 Å². The summed E-state index contributed by atoms with van der Waals surface area (Å²) in [5, 5.41) is 22.9. The quantitative estimate of drug-likeness (QED) is 0.634. The van der Waals surface area contributed by atoms with Crippen LogP contribution in [0.25, 0.3) is 0 Å². The number of nitrogens with one attached hydrogen (secondary N) is 1. The molecule has 144 valence electrons. The Morgan fingerprint density at radius 2 is 1.85 bits per heavy atom. The first-order chi connectivity index (χ1) is 12.3. The first-order valence-corrected chi connectivity index (χ1v) is 8.08. The predicted octanol–water partition coefficient (Wildman–Crippen LogP) is 0.320. The van der Waals surface area contributed by atoms with Crippen molar-refractivity contribution in [2.24, 2.45) is 0 Å². The summed E-state index contributed by atoms with van der Waals surface area (Å²) >= 11 is 0. The Morgan fingerprint density at radius 1 is 1.19 bits per heavy atom. The van der Waals surface area contributed by atoms with Crippen molar-refractivity contribution in [2.75, 3.05) is 7.11 Å². The SMILES string of the molecule is COC(=O)NCc1ccc(OC2OC(C)C(OC(C)=O)C(O)C2O)cc1. The molecule has 1 saturated heterocycles. The normalized spacial score (nSPS) is 28.1. The van der Waals surface area contributed by atoms with E-state index in [-0.39, 0.29) is 6.54 Å². The predicted molar refractivity (Wildman–Crippen MR) is 88.2 cm³/mol. The molecule has 5 unspecified atom stereocenters. The zero-order valence-corrected chi connectivity index (χ0v) is 14.7. The summed E-state index contributed by atoms with van der Waals surface area (Å²) in [6.07, 6.45) is -6.02. The summed E-state index contributed by atoms with van der Waals surface area (Å²) in [4.78, 5) is 22.1. The monoisotopic (exact) mass is 369 g/mol. The summed E-state index contributed by atoms with van der Waals surface area (Å²) in [6.45, 7) is 3.11. The minimum atomic E-state index is -1.39. The molecule has 1 fully saturated rings. The van der Waals surface area contributed by atoms with Crippen LogP contribution in [-0.2, 0) is 25.5 Å². The highest BCUT2D eigenvalue weighted by molar-refractivity contribution is 5.67. The van der Waals surface area contributed by atoms with Gasteiger partial charge in [0.05, 0.1) is 13.2 Å².